The first-order chi connectivity index (χ1) is 4.77. The van der Waals surface area contributed by atoms with Crippen molar-refractivity contribution < 1.29 is 40.9 Å². The number of hydrogen-bond donors (Lipinski definition) is 1. The standard InChI is InChI=1S/C7H14O2S.Na.H/c1-2-3-4-5-6-10-7(8)9;;/h2-6H2,1H3,(H,8,9);;/q;+1;-1. The minimum absolute atomic E-state index is 0. The van der Waals surface area contributed by atoms with Crippen LogP contribution in [-0.4, -0.2) is 16.2 Å². The van der Waals surface area contributed by atoms with E-state index in [-0.39, 0.29) is 31.0 Å². The van der Waals surface area contributed by atoms with Crippen molar-refractivity contribution in [3.05, 3.63) is 0 Å². The van der Waals surface area contributed by atoms with Crippen LogP contribution in [0.4, 0.5) is 4.79 Å². The summed E-state index contributed by atoms with van der Waals surface area (Å²) in [7, 11) is 0. The maximum atomic E-state index is 9.99. The van der Waals surface area contributed by atoms with Gasteiger partial charge in [0.25, 0.3) is 0 Å². The van der Waals surface area contributed by atoms with Crippen LogP contribution in [0.25, 0.3) is 0 Å². The molecule has 0 heterocycles. The third-order valence-corrected chi connectivity index (χ3v) is 1.96. The zero-order valence-corrected chi connectivity index (χ0v) is 10.1. The number of unbranched alkanes of at least 4 members (excludes halogenated alkanes) is 3. The maximum absolute atomic E-state index is 9.99. The Labute approximate surface area is 95.9 Å². The first-order valence-electron chi connectivity index (χ1n) is 3.63. The van der Waals surface area contributed by atoms with Crippen LogP contribution in [0.1, 0.15) is 34.0 Å². The van der Waals surface area contributed by atoms with E-state index in [1.54, 1.807) is 0 Å². The largest absolute Gasteiger partial charge is 1.00 e. The topological polar surface area (TPSA) is 37.3 Å². The molecule has 0 aromatic heterocycles. The molecule has 0 aliphatic carbocycles. The molecule has 0 amide bonds. The van der Waals surface area contributed by atoms with Gasteiger partial charge in [0, 0.05) is 5.75 Å². The summed E-state index contributed by atoms with van der Waals surface area (Å²) in [4.78, 5) is 9.99. The quantitative estimate of drug-likeness (QED) is 0.488. The summed E-state index contributed by atoms with van der Waals surface area (Å²) in [6, 6.07) is 0. The van der Waals surface area contributed by atoms with Gasteiger partial charge in [0.05, 0.1) is 0 Å². The zero-order valence-electron chi connectivity index (χ0n) is 8.30. The van der Waals surface area contributed by atoms with Crippen molar-refractivity contribution in [1.29, 1.82) is 0 Å². The molecule has 11 heavy (non-hydrogen) atoms. The van der Waals surface area contributed by atoms with Crippen molar-refractivity contribution in [2.24, 2.45) is 0 Å². The summed E-state index contributed by atoms with van der Waals surface area (Å²) in [6.07, 6.45) is 4.62. The summed E-state index contributed by atoms with van der Waals surface area (Å²) in [5.41, 5.74) is 0. The Hall–Kier alpha value is 0.820. The third kappa shape index (κ3) is 13.8. The van der Waals surface area contributed by atoms with E-state index in [0.29, 0.717) is 0 Å². The first kappa shape index (κ1) is 14.3. The minimum atomic E-state index is -0.753. The van der Waals surface area contributed by atoms with Crippen molar-refractivity contribution in [2.75, 3.05) is 5.75 Å². The Morgan fingerprint density at radius 2 is 2.09 bits per heavy atom. The Kier molecular flexibility index (Phi) is 14.1. The van der Waals surface area contributed by atoms with Crippen LogP contribution in [0.2, 0.25) is 0 Å². The van der Waals surface area contributed by atoms with Gasteiger partial charge >= 0.3 is 34.9 Å². The van der Waals surface area contributed by atoms with Crippen molar-refractivity contribution in [3.63, 3.8) is 0 Å². The molecule has 0 bridgehead atoms. The molecule has 0 aromatic rings. The smallest absolute Gasteiger partial charge is 1.00 e. The summed E-state index contributed by atoms with van der Waals surface area (Å²) in [6.45, 7) is 2.14. The molecule has 62 valence electrons. The van der Waals surface area contributed by atoms with E-state index in [1.807, 2.05) is 0 Å². The van der Waals surface area contributed by atoms with E-state index < -0.39 is 5.30 Å². The number of thioether (sulfide) groups is 1. The van der Waals surface area contributed by atoms with Gasteiger partial charge in [-0.3, -0.25) is 0 Å². The predicted octanol–water partition coefficient (Wildman–Crippen LogP) is 0.0944. The molecule has 4 heteroatoms. The summed E-state index contributed by atoms with van der Waals surface area (Å²) >= 11 is 0.998. The fourth-order valence-corrected chi connectivity index (χ4v) is 1.21. The van der Waals surface area contributed by atoms with Crippen LogP contribution in [-0.2, 0) is 0 Å². The van der Waals surface area contributed by atoms with Crippen LogP contribution in [0.15, 0.2) is 0 Å². The van der Waals surface area contributed by atoms with Crippen molar-refractivity contribution in [1.82, 2.24) is 0 Å². The number of carbonyl (C=O) groups is 1. The fraction of sp³-hybridized carbons (Fsp3) is 0.857. The van der Waals surface area contributed by atoms with E-state index in [1.165, 1.54) is 12.8 Å². The second-order valence-corrected chi connectivity index (χ2v) is 3.22. The molecule has 0 rings (SSSR count). The van der Waals surface area contributed by atoms with Gasteiger partial charge in [-0.1, -0.05) is 26.2 Å². The van der Waals surface area contributed by atoms with Gasteiger partial charge in [0.15, 0.2) is 0 Å². The fourth-order valence-electron chi connectivity index (χ4n) is 0.688. The minimum Gasteiger partial charge on any atom is -1.00 e. The molecule has 0 aliphatic heterocycles. The molecule has 0 aromatic carbocycles. The van der Waals surface area contributed by atoms with Gasteiger partial charge in [0.2, 0.25) is 0 Å². The molecular formula is C7H15NaO2S. The van der Waals surface area contributed by atoms with Gasteiger partial charge < -0.3 is 6.53 Å². The van der Waals surface area contributed by atoms with Crippen molar-refractivity contribution >= 4 is 17.1 Å². The third-order valence-electron chi connectivity index (χ3n) is 1.22. The number of carboxylic acid groups (broad SMARTS) is 1. The Morgan fingerprint density at radius 1 is 1.45 bits per heavy atom. The first-order valence-corrected chi connectivity index (χ1v) is 4.61. The molecule has 1 N–H and O–H groups in total. The van der Waals surface area contributed by atoms with Crippen LogP contribution < -0.4 is 29.6 Å². The van der Waals surface area contributed by atoms with E-state index in [0.717, 1.165) is 30.4 Å². The summed E-state index contributed by atoms with van der Waals surface area (Å²) < 4.78 is 0. The normalized spacial score (nSPS) is 8.82. The van der Waals surface area contributed by atoms with Crippen LogP contribution in [0.3, 0.4) is 0 Å². The molecular weight excluding hydrogens is 171 g/mol. The van der Waals surface area contributed by atoms with Gasteiger partial charge in [-0.05, 0) is 18.2 Å². The molecule has 2 nitrogen and oxygen atoms in total. The van der Waals surface area contributed by atoms with Gasteiger partial charge in [-0.15, -0.1) is 0 Å². The van der Waals surface area contributed by atoms with E-state index in [4.69, 9.17) is 5.11 Å². The van der Waals surface area contributed by atoms with Crippen LogP contribution in [0.5, 0.6) is 0 Å². The molecule has 0 aliphatic rings. The molecule has 0 unspecified atom stereocenters. The monoisotopic (exact) mass is 186 g/mol. The Bertz CT molecular complexity index is 103. The summed E-state index contributed by atoms with van der Waals surface area (Å²) in [5.74, 6) is 0.759. The van der Waals surface area contributed by atoms with Gasteiger partial charge in [0.1, 0.15) is 0 Å². The van der Waals surface area contributed by atoms with Gasteiger partial charge in [-0.2, -0.15) is 0 Å². The average molecular weight is 186 g/mol. The van der Waals surface area contributed by atoms with Crippen LogP contribution in [0, 0.1) is 0 Å². The SMILES string of the molecule is CCCCCCSC(=O)O.[H-].[Na+]. The second-order valence-electron chi connectivity index (χ2n) is 2.18. The molecule has 0 spiro atoms. The molecule has 0 atom stereocenters. The Morgan fingerprint density at radius 3 is 2.55 bits per heavy atom. The van der Waals surface area contributed by atoms with E-state index in [9.17, 15) is 4.79 Å². The second kappa shape index (κ2) is 10.8. The Balaban J connectivity index is -0.000000405. The predicted molar refractivity (Wildman–Crippen MR) is 45.7 cm³/mol. The molecule has 0 fully saturated rings. The zero-order chi connectivity index (χ0) is 7.82. The number of rotatable bonds is 5. The molecule has 0 saturated heterocycles. The van der Waals surface area contributed by atoms with E-state index >= 15 is 0 Å². The summed E-state index contributed by atoms with van der Waals surface area (Å²) in [5, 5.41) is 7.48. The average Bonchev–Trinajstić information content (AvgIpc) is 1.87. The number of hydrogen-bond acceptors (Lipinski definition) is 2. The molecule has 0 saturated carbocycles. The van der Waals surface area contributed by atoms with Crippen LogP contribution >= 0.6 is 11.8 Å². The van der Waals surface area contributed by atoms with Crippen molar-refractivity contribution in [3.8, 4) is 0 Å². The van der Waals surface area contributed by atoms with E-state index in [2.05, 4.69) is 6.92 Å². The van der Waals surface area contributed by atoms with Gasteiger partial charge in [-0.25, -0.2) is 4.79 Å². The molecule has 0 radical (unpaired) electrons. The van der Waals surface area contributed by atoms with Crippen molar-refractivity contribution in [2.45, 2.75) is 32.6 Å². The maximum Gasteiger partial charge on any atom is 1.00 e.